The molecule has 0 aliphatic carbocycles. The van der Waals surface area contributed by atoms with E-state index in [0.29, 0.717) is 28.7 Å². The molecule has 0 saturated heterocycles. The fraction of sp³-hybridized carbons (Fsp3) is 0.211. The Kier molecular flexibility index (Phi) is 5.68. The minimum Gasteiger partial charge on any atom is -0.390 e. The summed E-state index contributed by atoms with van der Waals surface area (Å²) in [6.45, 7) is 0.400. The van der Waals surface area contributed by atoms with Crippen LogP contribution in [0.1, 0.15) is 22.4 Å². The number of rotatable bonds is 6. The van der Waals surface area contributed by atoms with Gasteiger partial charge in [0.05, 0.1) is 17.9 Å². The van der Waals surface area contributed by atoms with E-state index in [0.717, 1.165) is 17.7 Å². The van der Waals surface area contributed by atoms with E-state index in [1.807, 2.05) is 34.9 Å². The minimum atomic E-state index is -4.35. The van der Waals surface area contributed by atoms with E-state index >= 15 is 0 Å². The molecule has 0 radical (unpaired) electrons. The van der Waals surface area contributed by atoms with Crippen LogP contribution in [0, 0.1) is 0 Å². The number of aromatic nitrogens is 2. The number of thioether (sulfide) groups is 1. The van der Waals surface area contributed by atoms with Crippen molar-refractivity contribution in [2.24, 2.45) is 0 Å². The molecule has 1 heterocycles. The first-order chi connectivity index (χ1) is 12.5. The summed E-state index contributed by atoms with van der Waals surface area (Å²) in [4.78, 5) is 4.36. The third-order valence-corrected chi connectivity index (χ3v) is 4.83. The van der Waals surface area contributed by atoms with E-state index < -0.39 is 11.7 Å². The molecule has 1 N–H and O–H groups in total. The lowest BCUT2D eigenvalue weighted by Gasteiger charge is -2.10. The number of benzene rings is 2. The summed E-state index contributed by atoms with van der Waals surface area (Å²) in [5.74, 6) is 0.362. The predicted octanol–water partition coefficient (Wildman–Crippen LogP) is 4.73. The van der Waals surface area contributed by atoms with Crippen molar-refractivity contribution in [2.75, 3.05) is 0 Å². The quantitative estimate of drug-likeness (QED) is 0.630. The van der Waals surface area contributed by atoms with Gasteiger partial charge in [-0.15, -0.1) is 0 Å². The Labute approximate surface area is 153 Å². The average molecular weight is 378 g/mol. The molecule has 0 bridgehead atoms. The molecule has 3 nitrogen and oxygen atoms in total. The highest BCUT2D eigenvalue weighted by Gasteiger charge is 2.30. The first kappa shape index (κ1) is 18.5. The molecular weight excluding hydrogens is 361 g/mol. The summed E-state index contributed by atoms with van der Waals surface area (Å²) in [6, 6.07) is 15.1. The van der Waals surface area contributed by atoms with Crippen LogP contribution in [0.5, 0.6) is 0 Å². The van der Waals surface area contributed by atoms with Crippen LogP contribution in [-0.4, -0.2) is 14.7 Å². The topological polar surface area (TPSA) is 38.0 Å². The highest BCUT2D eigenvalue weighted by Crippen LogP contribution is 2.31. The molecule has 26 heavy (non-hydrogen) atoms. The lowest BCUT2D eigenvalue weighted by atomic mass is 10.1. The molecule has 3 rings (SSSR count). The molecule has 2 aromatic carbocycles. The molecule has 3 aromatic rings. The monoisotopic (exact) mass is 378 g/mol. The Hall–Kier alpha value is -2.25. The van der Waals surface area contributed by atoms with Crippen molar-refractivity contribution >= 4 is 11.8 Å². The summed E-state index contributed by atoms with van der Waals surface area (Å²) < 4.78 is 40.4. The summed E-state index contributed by atoms with van der Waals surface area (Å²) in [7, 11) is 0. The number of alkyl halides is 3. The maximum atomic E-state index is 12.8. The SMILES string of the molecule is OCc1cn(Cc2ccccc2)c(SCc2cccc(C(F)(F)F)c2)n1. The molecule has 0 fully saturated rings. The fourth-order valence-electron chi connectivity index (χ4n) is 2.52. The van der Waals surface area contributed by atoms with E-state index in [-0.39, 0.29) is 6.61 Å². The molecule has 0 spiro atoms. The number of imidazole rings is 1. The van der Waals surface area contributed by atoms with E-state index in [1.54, 1.807) is 12.3 Å². The molecule has 0 amide bonds. The van der Waals surface area contributed by atoms with Crippen LogP contribution < -0.4 is 0 Å². The van der Waals surface area contributed by atoms with Gasteiger partial charge < -0.3 is 9.67 Å². The van der Waals surface area contributed by atoms with E-state index in [4.69, 9.17) is 0 Å². The summed E-state index contributed by atoms with van der Waals surface area (Å²) >= 11 is 1.35. The Balaban J connectivity index is 1.76. The van der Waals surface area contributed by atoms with E-state index in [2.05, 4.69) is 4.98 Å². The first-order valence-corrected chi connectivity index (χ1v) is 8.94. The zero-order valence-corrected chi connectivity index (χ0v) is 14.6. The molecule has 1 aromatic heterocycles. The van der Waals surface area contributed by atoms with Crippen LogP contribution in [0.15, 0.2) is 66.0 Å². The Morgan fingerprint density at radius 2 is 1.73 bits per heavy atom. The maximum Gasteiger partial charge on any atom is 0.416 e. The number of nitrogens with zero attached hydrogens (tertiary/aromatic N) is 2. The smallest absolute Gasteiger partial charge is 0.390 e. The van der Waals surface area contributed by atoms with Gasteiger partial charge in [0.2, 0.25) is 0 Å². The van der Waals surface area contributed by atoms with Gasteiger partial charge in [-0.25, -0.2) is 4.98 Å². The second-order valence-corrected chi connectivity index (χ2v) is 6.72. The number of aliphatic hydroxyl groups excluding tert-OH is 1. The largest absolute Gasteiger partial charge is 0.416 e. The van der Waals surface area contributed by atoms with Gasteiger partial charge in [0, 0.05) is 18.5 Å². The maximum absolute atomic E-state index is 12.8. The van der Waals surface area contributed by atoms with Crippen molar-refractivity contribution in [3.05, 3.63) is 83.2 Å². The van der Waals surface area contributed by atoms with E-state index in [1.165, 1.54) is 17.8 Å². The zero-order valence-electron chi connectivity index (χ0n) is 13.8. The van der Waals surface area contributed by atoms with Crippen molar-refractivity contribution in [3.63, 3.8) is 0 Å². The van der Waals surface area contributed by atoms with Gasteiger partial charge in [0.25, 0.3) is 0 Å². The van der Waals surface area contributed by atoms with Crippen LogP contribution in [0.25, 0.3) is 0 Å². The molecule has 0 saturated carbocycles. The van der Waals surface area contributed by atoms with Crippen LogP contribution >= 0.6 is 11.8 Å². The molecule has 7 heteroatoms. The normalized spacial score (nSPS) is 11.7. The fourth-order valence-corrected chi connectivity index (χ4v) is 3.46. The van der Waals surface area contributed by atoms with Gasteiger partial charge in [-0.05, 0) is 17.2 Å². The second-order valence-electron chi connectivity index (χ2n) is 5.77. The number of hydrogen-bond donors (Lipinski definition) is 1. The molecular formula is C19H17F3N2OS. The van der Waals surface area contributed by atoms with Crippen molar-refractivity contribution < 1.29 is 18.3 Å². The van der Waals surface area contributed by atoms with Crippen LogP contribution in [0.2, 0.25) is 0 Å². The highest BCUT2D eigenvalue weighted by atomic mass is 32.2. The van der Waals surface area contributed by atoms with Crippen LogP contribution in [0.3, 0.4) is 0 Å². The lowest BCUT2D eigenvalue weighted by molar-refractivity contribution is -0.137. The number of halogens is 3. The molecule has 136 valence electrons. The Bertz CT molecular complexity index is 863. The average Bonchev–Trinajstić information content (AvgIpc) is 3.02. The van der Waals surface area contributed by atoms with E-state index in [9.17, 15) is 18.3 Å². The number of hydrogen-bond acceptors (Lipinski definition) is 3. The van der Waals surface area contributed by atoms with Gasteiger partial charge >= 0.3 is 6.18 Å². The van der Waals surface area contributed by atoms with Crippen molar-refractivity contribution in [3.8, 4) is 0 Å². The first-order valence-electron chi connectivity index (χ1n) is 7.95. The highest BCUT2D eigenvalue weighted by molar-refractivity contribution is 7.98. The lowest BCUT2D eigenvalue weighted by Crippen LogP contribution is -2.05. The third kappa shape index (κ3) is 4.68. The zero-order chi connectivity index (χ0) is 18.6. The summed E-state index contributed by atoms with van der Waals surface area (Å²) in [5.41, 5.74) is 1.53. The number of aliphatic hydroxyl groups is 1. The second kappa shape index (κ2) is 7.97. The molecule has 0 aliphatic heterocycles. The van der Waals surface area contributed by atoms with Crippen LogP contribution in [-0.2, 0) is 25.1 Å². The minimum absolute atomic E-state index is 0.182. The Morgan fingerprint density at radius 3 is 2.42 bits per heavy atom. The van der Waals surface area contributed by atoms with Gasteiger partial charge in [0.1, 0.15) is 0 Å². The summed E-state index contributed by atoms with van der Waals surface area (Å²) in [5, 5.41) is 10.0. The van der Waals surface area contributed by atoms with Gasteiger partial charge in [-0.2, -0.15) is 13.2 Å². The van der Waals surface area contributed by atoms with Crippen molar-refractivity contribution in [1.29, 1.82) is 0 Å². The van der Waals surface area contributed by atoms with Crippen LogP contribution in [0.4, 0.5) is 13.2 Å². The standard InChI is InChI=1S/C19H17F3N2OS/c20-19(21,22)16-8-4-7-15(9-16)13-26-18-23-17(12-25)11-24(18)10-14-5-2-1-3-6-14/h1-9,11,25H,10,12-13H2. The Morgan fingerprint density at radius 1 is 1.00 bits per heavy atom. The molecule has 0 unspecified atom stereocenters. The molecule has 0 aliphatic rings. The van der Waals surface area contributed by atoms with Gasteiger partial charge in [0.15, 0.2) is 5.16 Å². The summed E-state index contributed by atoms with van der Waals surface area (Å²) in [6.07, 6.45) is -2.59. The van der Waals surface area contributed by atoms with Gasteiger partial charge in [-0.3, -0.25) is 0 Å². The molecule has 0 atom stereocenters. The predicted molar refractivity (Wildman–Crippen MR) is 94.7 cm³/mol. The van der Waals surface area contributed by atoms with Crippen molar-refractivity contribution in [2.45, 2.75) is 30.2 Å². The van der Waals surface area contributed by atoms with Crippen molar-refractivity contribution in [1.82, 2.24) is 9.55 Å². The third-order valence-electron chi connectivity index (χ3n) is 3.77. The van der Waals surface area contributed by atoms with Gasteiger partial charge in [-0.1, -0.05) is 60.3 Å².